The van der Waals surface area contributed by atoms with Gasteiger partial charge >= 0.3 is 0 Å². The Morgan fingerprint density at radius 2 is 2.47 bits per heavy atom. The largest absolute Gasteiger partial charge is 0.383 e. The zero-order valence-electron chi connectivity index (χ0n) is 10.3. The molecule has 0 radical (unpaired) electrons. The van der Waals surface area contributed by atoms with Gasteiger partial charge in [0.15, 0.2) is 0 Å². The van der Waals surface area contributed by atoms with E-state index in [9.17, 15) is 0 Å². The number of nitrogens with one attached hydrogen (secondary N) is 1. The normalized spacial score (nSPS) is 21.9. The highest BCUT2D eigenvalue weighted by atomic mass is 16.5. The van der Waals surface area contributed by atoms with E-state index in [0.29, 0.717) is 24.7 Å². The Bertz CT molecular complexity index is 336. The number of methoxy groups -OCH3 is 1. The zero-order chi connectivity index (χ0) is 12.1. The van der Waals surface area contributed by atoms with Crippen LogP contribution >= 0.6 is 0 Å². The molecule has 96 valence electrons. The SMILES string of the molecule is CNC(COC)Cc1nc(C2CCCO2)no1. The van der Waals surface area contributed by atoms with Crippen molar-refractivity contribution in [2.75, 3.05) is 27.4 Å². The van der Waals surface area contributed by atoms with Crippen LogP contribution in [-0.2, 0) is 15.9 Å². The second kappa shape index (κ2) is 6.09. The molecule has 2 atom stereocenters. The maximum atomic E-state index is 5.51. The Balaban J connectivity index is 1.92. The topological polar surface area (TPSA) is 69.4 Å². The first kappa shape index (κ1) is 12.5. The smallest absolute Gasteiger partial charge is 0.228 e. The van der Waals surface area contributed by atoms with Gasteiger partial charge < -0.3 is 19.3 Å². The molecule has 1 aliphatic heterocycles. The Morgan fingerprint density at radius 3 is 3.12 bits per heavy atom. The van der Waals surface area contributed by atoms with Crippen LogP contribution in [0.1, 0.15) is 30.7 Å². The molecular weight excluding hydrogens is 222 g/mol. The minimum absolute atomic E-state index is 0.0166. The van der Waals surface area contributed by atoms with E-state index in [-0.39, 0.29) is 12.1 Å². The summed E-state index contributed by atoms with van der Waals surface area (Å²) >= 11 is 0. The molecule has 0 saturated carbocycles. The maximum absolute atomic E-state index is 5.51. The van der Waals surface area contributed by atoms with E-state index in [1.165, 1.54) is 0 Å². The monoisotopic (exact) mass is 241 g/mol. The highest BCUT2D eigenvalue weighted by molar-refractivity contribution is 4.94. The average Bonchev–Trinajstić information content (AvgIpc) is 2.98. The quantitative estimate of drug-likeness (QED) is 0.790. The van der Waals surface area contributed by atoms with Crippen LogP contribution in [0, 0.1) is 0 Å². The lowest BCUT2D eigenvalue weighted by Crippen LogP contribution is -2.32. The minimum atomic E-state index is 0.0166. The number of aromatic nitrogens is 2. The van der Waals surface area contributed by atoms with Gasteiger partial charge in [-0.05, 0) is 19.9 Å². The molecule has 0 amide bonds. The van der Waals surface area contributed by atoms with Gasteiger partial charge in [-0.3, -0.25) is 0 Å². The molecule has 1 aromatic heterocycles. The number of likely N-dealkylation sites (N-methyl/N-ethyl adjacent to an activating group) is 1. The highest BCUT2D eigenvalue weighted by Crippen LogP contribution is 2.26. The number of nitrogens with zero attached hydrogens (tertiary/aromatic N) is 2. The van der Waals surface area contributed by atoms with Crippen molar-refractivity contribution >= 4 is 0 Å². The number of hydrogen-bond acceptors (Lipinski definition) is 6. The van der Waals surface area contributed by atoms with Gasteiger partial charge in [0, 0.05) is 26.2 Å². The van der Waals surface area contributed by atoms with Gasteiger partial charge in [-0.25, -0.2) is 0 Å². The fourth-order valence-electron chi connectivity index (χ4n) is 1.92. The first-order valence-corrected chi connectivity index (χ1v) is 5.93. The van der Waals surface area contributed by atoms with Crippen molar-refractivity contribution in [3.8, 4) is 0 Å². The molecule has 6 heteroatoms. The second-order valence-corrected chi connectivity index (χ2v) is 4.19. The molecule has 0 bridgehead atoms. The van der Waals surface area contributed by atoms with Gasteiger partial charge in [0.1, 0.15) is 6.10 Å². The van der Waals surface area contributed by atoms with Crippen molar-refractivity contribution in [1.82, 2.24) is 15.5 Å². The van der Waals surface area contributed by atoms with Crippen molar-refractivity contribution in [3.05, 3.63) is 11.7 Å². The Morgan fingerprint density at radius 1 is 1.59 bits per heavy atom. The molecule has 1 N–H and O–H groups in total. The zero-order valence-corrected chi connectivity index (χ0v) is 10.3. The lowest BCUT2D eigenvalue weighted by molar-refractivity contribution is 0.103. The summed E-state index contributed by atoms with van der Waals surface area (Å²) in [5, 5.41) is 7.11. The Labute approximate surface area is 101 Å². The Kier molecular flexibility index (Phi) is 4.47. The number of ether oxygens (including phenoxy) is 2. The summed E-state index contributed by atoms with van der Waals surface area (Å²) in [5.41, 5.74) is 0. The third-order valence-electron chi connectivity index (χ3n) is 2.90. The molecular formula is C11H19N3O3. The van der Waals surface area contributed by atoms with Gasteiger partial charge in [0.25, 0.3) is 0 Å². The third-order valence-corrected chi connectivity index (χ3v) is 2.90. The standard InChI is InChI=1S/C11H19N3O3/c1-12-8(7-15-2)6-10-13-11(14-17-10)9-4-3-5-16-9/h8-9,12H,3-7H2,1-2H3. The van der Waals surface area contributed by atoms with Gasteiger partial charge in [-0.1, -0.05) is 5.16 Å². The Hall–Kier alpha value is -0.980. The first-order chi connectivity index (χ1) is 8.33. The van der Waals surface area contributed by atoms with Crippen molar-refractivity contribution in [3.63, 3.8) is 0 Å². The molecule has 0 aromatic carbocycles. The van der Waals surface area contributed by atoms with Crippen LogP contribution in [0.3, 0.4) is 0 Å². The number of hydrogen-bond donors (Lipinski definition) is 1. The molecule has 1 aromatic rings. The highest BCUT2D eigenvalue weighted by Gasteiger charge is 2.23. The molecule has 1 aliphatic rings. The lowest BCUT2D eigenvalue weighted by atomic mass is 10.2. The van der Waals surface area contributed by atoms with Crippen molar-refractivity contribution in [2.24, 2.45) is 0 Å². The van der Waals surface area contributed by atoms with Gasteiger partial charge in [-0.2, -0.15) is 4.98 Å². The fraction of sp³-hybridized carbons (Fsp3) is 0.818. The van der Waals surface area contributed by atoms with Crippen LogP contribution in [-0.4, -0.2) is 43.6 Å². The predicted octanol–water partition coefficient (Wildman–Crippen LogP) is 0.698. The van der Waals surface area contributed by atoms with Crippen molar-refractivity contribution < 1.29 is 14.0 Å². The lowest BCUT2D eigenvalue weighted by Gasteiger charge is -2.11. The molecule has 1 fully saturated rings. The average molecular weight is 241 g/mol. The molecule has 0 spiro atoms. The van der Waals surface area contributed by atoms with E-state index in [1.54, 1.807) is 7.11 Å². The molecule has 6 nitrogen and oxygen atoms in total. The van der Waals surface area contributed by atoms with E-state index in [0.717, 1.165) is 19.4 Å². The van der Waals surface area contributed by atoms with Crippen LogP contribution in [0.2, 0.25) is 0 Å². The first-order valence-electron chi connectivity index (χ1n) is 5.93. The van der Waals surface area contributed by atoms with Crippen LogP contribution in [0.5, 0.6) is 0 Å². The summed E-state index contributed by atoms with van der Waals surface area (Å²) in [6, 6.07) is 0.192. The van der Waals surface area contributed by atoms with E-state index >= 15 is 0 Å². The van der Waals surface area contributed by atoms with Crippen molar-refractivity contribution in [1.29, 1.82) is 0 Å². The molecule has 17 heavy (non-hydrogen) atoms. The second-order valence-electron chi connectivity index (χ2n) is 4.19. The van der Waals surface area contributed by atoms with Crippen LogP contribution in [0.4, 0.5) is 0 Å². The van der Waals surface area contributed by atoms with E-state index < -0.39 is 0 Å². The summed E-state index contributed by atoms with van der Waals surface area (Å²) < 4.78 is 15.8. The van der Waals surface area contributed by atoms with E-state index in [2.05, 4.69) is 15.5 Å². The summed E-state index contributed by atoms with van der Waals surface area (Å²) in [5.74, 6) is 1.30. The van der Waals surface area contributed by atoms with Crippen LogP contribution in [0.25, 0.3) is 0 Å². The van der Waals surface area contributed by atoms with Gasteiger partial charge in [-0.15, -0.1) is 0 Å². The predicted molar refractivity (Wildman–Crippen MR) is 60.7 cm³/mol. The van der Waals surface area contributed by atoms with E-state index in [4.69, 9.17) is 14.0 Å². The third kappa shape index (κ3) is 3.24. The van der Waals surface area contributed by atoms with Gasteiger partial charge in [0.2, 0.25) is 11.7 Å². The van der Waals surface area contributed by atoms with Crippen LogP contribution in [0.15, 0.2) is 4.52 Å². The molecule has 2 rings (SSSR count). The molecule has 2 heterocycles. The van der Waals surface area contributed by atoms with Gasteiger partial charge in [0.05, 0.1) is 6.61 Å². The summed E-state index contributed by atoms with van der Waals surface area (Å²) in [7, 11) is 3.57. The molecule has 2 unspecified atom stereocenters. The summed E-state index contributed by atoms with van der Waals surface area (Å²) in [6.45, 7) is 1.41. The fourth-order valence-corrected chi connectivity index (χ4v) is 1.92. The molecule has 0 aliphatic carbocycles. The van der Waals surface area contributed by atoms with Crippen molar-refractivity contribution in [2.45, 2.75) is 31.4 Å². The maximum Gasteiger partial charge on any atom is 0.228 e. The van der Waals surface area contributed by atoms with E-state index in [1.807, 2.05) is 7.05 Å². The van der Waals surface area contributed by atoms with Crippen LogP contribution < -0.4 is 5.32 Å². The number of rotatable bonds is 6. The molecule has 1 saturated heterocycles. The summed E-state index contributed by atoms with van der Waals surface area (Å²) in [4.78, 5) is 4.36. The minimum Gasteiger partial charge on any atom is -0.383 e. The summed E-state index contributed by atoms with van der Waals surface area (Å²) in [6.07, 6.45) is 2.73.